The maximum absolute atomic E-state index is 13.1. The maximum atomic E-state index is 13.1. The Labute approximate surface area is 180 Å². The smallest absolute Gasteiger partial charge is 0.339 e. The predicted molar refractivity (Wildman–Crippen MR) is 121 cm³/mol. The molecule has 0 spiro atoms. The standard InChI is InChI=1S/C27H20O4/c1-15-20-18-13-7-11-16-12-8-14-19(22(16)18)24(20)23(17-9-5-4-6-10-17)25(27(29)31-3)21(15)26(28)30-2/h4-14H,1-3H3. The molecule has 0 unspecified atom stereocenters. The summed E-state index contributed by atoms with van der Waals surface area (Å²) >= 11 is 0. The van der Waals surface area contributed by atoms with Crippen LogP contribution in [0.5, 0.6) is 0 Å². The maximum Gasteiger partial charge on any atom is 0.339 e. The Balaban J connectivity index is 2.06. The first-order valence-electron chi connectivity index (χ1n) is 10.0. The Hall–Kier alpha value is -3.92. The number of benzene rings is 4. The highest BCUT2D eigenvalue weighted by molar-refractivity contribution is 6.23. The van der Waals surface area contributed by atoms with E-state index in [0.717, 1.165) is 38.6 Å². The Morgan fingerprint density at radius 3 is 1.84 bits per heavy atom. The quantitative estimate of drug-likeness (QED) is 0.342. The van der Waals surface area contributed by atoms with Crippen LogP contribution < -0.4 is 0 Å². The van der Waals surface area contributed by atoms with Crippen molar-refractivity contribution in [3.05, 3.63) is 83.4 Å². The summed E-state index contributed by atoms with van der Waals surface area (Å²) in [5.74, 6) is -1.12. The fraction of sp³-hybridized carbons (Fsp3) is 0.111. The number of ether oxygens (including phenoxy) is 2. The Kier molecular flexibility index (Phi) is 4.36. The largest absolute Gasteiger partial charge is 0.465 e. The average molecular weight is 408 g/mol. The van der Waals surface area contributed by atoms with Gasteiger partial charge in [0, 0.05) is 5.56 Å². The molecule has 0 amide bonds. The molecule has 0 aliphatic heterocycles. The van der Waals surface area contributed by atoms with Gasteiger partial charge in [0.05, 0.1) is 25.3 Å². The van der Waals surface area contributed by atoms with Crippen LogP contribution >= 0.6 is 0 Å². The third-order valence-corrected chi connectivity index (χ3v) is 6.03. The zero-order valence-corrected chi connectivity index (χ0v) is 17.5. The van der Waals surface area contributed by atoms with Crippen molar-refractivity contribution in [1.29, 1.82) is 0 Å². The van der Waals surface area contributed by atoms with Crippen LogP contribution in [0.25, 0.3) is 44.2 Å². The van der Waals surface area contributed by atoms with E-state index in [9.17, 15) is 9.59 Å². The van der Waals surface area contributed by atoms with E-state index in [2.05, 4.69) is 24.3 Å². The minimum absolute atomic E-state index is 0.238. The first kappa shape index (κ1) is 19.1. The molecule has 4 aromatic carbocycles. The minimum Gasteiger partial charge on any atom is -0.465 e. The second-order valence-electron chi connectivity index (χ2n) is 7.56. The van der Waals surface area contributed by atoms with E-state index in [1.54, 1.807) is 0 Å². The Morgan fingerprint density at radius 2 is 1.23 bits per heavy atom. The van der Waals surface area contributed by atoms with Crippen molar-refractivity contribution in [3.63, 3.8) is 0 Å². The molecule has 152 valence electrons. The number of fused-ring (bicyclic) bond motifs is 3. The van der Waals surface area contributed by atoms with Crippen molar-refractivity contribution >= 4 is 22.7 Å². The molecule has 0 saturated heterocycles. The average Bonchev–Trinajstić information content (AvgIpc) is 3.15. The van der Waals surface area contributed by atoms with Crippen LogP contribution in [-0.2, 0) is 9.47 Å². The van der Waals surface area contributed by atoms with Crippen LogP contribution in [0, 0.1) is 6.92 Å². The van der Waals surface area contributed by atoms with Gasteiger partial charge >= 0.3 is 11.9 Å². The van der Waals surface area contributed by atoms with Gasteiger partial charge in [-0.05, 0) is 51.1 Å². The van der Waals surface area contributed by atoms with E-state index in [1.165, 1.54) is 14.2 Å². The summed E-state index contributed by atoms with van der Waals surface area (Å²) in [6, 6.07) is 22.0. The van der Waals surface area contributed by atoms with E-state index in [-0.39, 0.29) is 11.1 Å². The summed E-state index contributed by atoms with van der Waals surface area (Å²) in [7, 11) is 2.66. The number of rotatable bonds is 3. The highest BCUT2D eigenvalue weighted by atomic mass is 16.5. The van der Waals surface area contributed by atoms with Crippen LogP contribution in [0.4, 0.5) is 0 Å². The van der Waals surface area contributed by atoms with Crippen LogP contribution in [-0.4, -0.2) is 26.2 Å². The lowest BCUT2D eigenvalue weighted by Crippen LogP contribution is -2.16. The predicted octanol–water partition coefficient (Wildman–Crippen LogP) is 6.04. The van der Waals surface area contributed by atoms with E-state index in [0.29, 0.717) is 11.1 Å². The lowest BCUT2D eigenvalue weighted by Gasteiger charge is -2.21. The van der Waals surface area contributed by atoms with Crippen LogP contribution in [0.3, 0.4) is 0 Å². The van der Waals surface area contributed by atoms with Gasteiger partial charge in [-0.1, -0.05) is 66.7 Å². The van der Waals surface area contributed by atoms with Crippen molar-refractivity contribution in [2.24, 2.45) is 0 Å². The van der Waals surface area contributed by atoms with Gasteiger partial charge < -0.3 is 9.47 Å². The minimum atomic E-state index is -0.562. The molecular weight excluding hydrogens is 388 g/mol. The summed E-state index contributed by atoms with van der Waals surface area (Å²) in [6.07, 6.45) is 0. The highest BCUT2D eigenvalue weighted by Crippen LogP contribution is 2.54. The lowest BCUT2D eigenvalue weighted by molar-refractivity contribution is 0.0555. The molecule has 1 aliphatic carbocycles. The van der Waals surface area contributed by atoms with Gasteiger partial charge in [-0.3, -0.25) is 0 Å². The molecule has 0 N–H and O–H groups in total. The number of esters is 2. The molecule has 0 radical (unpaired) electrons. The van der Waals surface area contributed by atoms with E-state index >= 15 is 0 Å². The number of carbonyl (C=O) groups excluding carboxylic acids is 2. The first-order chi connectivity index (χ1) is 15.1. The normalized spacial score (nSPS) is 11.3. The number of carbonyl (C=O) groups is 2. The number of hydrogen-bond donors (Lipinski definition) is 0. The molecule has 1 aliphatic rings. The molecule has 0 saturated carbocycles. The molecular formula is C27H20O4. The Morgan fingerprint density at radius 1 is 0.645 bits per heavy atom. The van der Waals surface area contributed by atoms with Crippen molar-refractivity contribution in [2.75, 3.05) is 14.2 Å². The fourth-order valence-electron chi connectivity index (χ4n) is 4.80. The molecule has 4 aromatic rings. The number of methoxy groups -OCH3 is 2. The van der Waals surface area contributed by atoms with Crippen LogP contribution in [0.15, 0.2) is 66.7 Å². The summed E-state index contributed by atoms with van der Waals surface area (Å²) in [5.41, 5.74) is 6.74. The third-order valence-electron chi connectivity index (χ3n) is 6.03. The molecule has 5 rings (SSSR count). The molecule has 4 nitrogen and oxygen atoms in total. The summed E-state index contributed by atoms with van der Waals surface area (Å²) in [5, 5.41) is 2.24. The second kappa shape index (κ2) is 7.10. The third kappa shape index (κ3) is 2.61. The van der Waals surface area contributed by atoms with Gasteiger partial charge in [0.25, 0.3) is 0 Å². The van der Waals surface area contributed by atoms with Crippen molar-refractivity contribution in [3.8, 4) is 33.4 Å². The van der Waals surface area contributed by atoms with Gasteiger partial charge in [0.2, 0.25) is 0 Å². The van der Waals surface area contributed by atoms with Gasteiger partial charge in [-0.25, -0.2) is 9.59 Å². The monoisotopic (exact) mass is 408 g/mol. The zero-order valence-electron chi connectivity index (χ0n) is 17.5. The molecule has 0 atom stereocenters. The fourth-order valence-corrected chi connectivity index (χ4v) is 4.80. The SMILES string of the molecule is COC(=O)c1c(C)c2c(c(-c3ccccc3)c1C(=O)OC)-c1cccc3cccc-2c13. The van der Waals surface area contributed by atoms with E-state index in [4.69, 9.17) is 9.47 Å². The summed E-state index contributed by atoms with van der Waals surface area (Å²) in [4.78, 5) is 26.0. The lowest BCUT2D eigenvalue weighted by atomic mass is 9.83. The highest BCUT2D eigenvalue weighted by Gasteiger charge is 2.35. The first-order valence-corrected chi connectivity index (χ1v) is 10.0. The van der Waals surface area contributed by atoms with E-state index in [1.807, 2.05) is 49.4 Å². The van der Waals surface area contributed by atoms with Crippen LogP contribution in [0.1, 0.15) is 26.3 Å². The van der Waals surface area contributed by atoms with Crippen molar-refractivity contribution in [2.45, 2.75) is 6.92 Å². The van der Waals surface area contributed by atoms with Gasteiger partial charge in [0.1, 0.15) is 0 Å². The number of hydrogen-bond acceptors (Lipinski definition) is 4. The van der Waals surface area contributed by atoms with E-state index < -0.39 is 11.9 Å². The molecule has 0 fully saturated rings. The molecule has 0 aromatic heterocycles. The molecule has 31 heavy (non-hydrogen) atoms. The zero-order chi connectivity index (χ0) is 21.7. The van der Waals surface area contributed by atoms with Crippen molar-refractivity contribution < 1.29 is 19.1 Å². The molecule has 0 bridgehead atoms. The summed E-state index contributed by atoms with van der Waals surface area (Å²) < 4.78 is 10.3. The van der Waals surface area contributed by atoms with Crippen LogP contribution in [0.2, 0.25) is 0 Å². The molecule has 0 heterocycles. The van der Waals surface area contributed by atoms with Crippen molar-refractivity contribution in [1.82, 2.24) is 0 Å². The molecule has 4 heteroatoms. The van der Waals surface area contributed by atoms with Gasteiger partial charge in [0.15, 0.2) is 0 Å². The van der Waals surface area contributed by atoms with Gasteiger partial charge in [-0.2, -0.15) is 0 Å². The topological polar surface area (TPSA) is 52.6 Å². The second-order valence-corrected chi connectivity index (χ2v) is 7.56. The summed E-state index contributed by atoms with van der Waals surface area (Å²) in [6.45, 7) is 1.87. The van der Waals surface area contributed by atoms with Gasteiger partial charge in [-0.15, -0.1) is 0 Å². The Bertz CT molecular complexity index is 1380.